The molecule has 2 rings (SSSR count). The first kappa shape index (κ1) is 15.8. The second-order valence-electron chi connectivity index (χ2n) is 3.99. The van der Waals surface area contributed by atoms with Crippen LogP contribution in [0.15, 0.2) is 36.4 Å². The Balaban J connectivity index is 2.17. The first-order valence-electron chi connectivity index (χ1n) is 5.57. The van der Waals surface area contributed by atoms with Gasteiger partial charge in [-0.25, -0.2) is 4.79 Å². The average Bonchev–Trinajstić information content (AvgIpc) is 2.39. The first-order chi connectivity index (χ1) is 9.47. The number of carboxylic acid groups (broad SMARTS) is 1. The van der Waals surface area contributed by atoms with Gasteiger partial charge in [0.1, 0.15) is 12.4 Å². The van der Waals surface area contributed by atoms with Crippen LogP contribution < -0.4 is 4.74 Å². The zero-order chi connectivity index (χ0) is 14.7. The normalized spacial score (nSPS) is 10.3. The lowest BCUT2D eigenvalue weighted by atomic mass is 10.2. The third-order valence-corrected chi connectivity index (χ3v) is 4.40. The average molecular weight is 514 g/mol. The highest BCUT2D eigenvalue weighted by atomic mass is 127. The van der Waals surface area contributed by atoms with E-state index in [0.717, 1.165) is 12.7 Å². The molecular weight excluding hydrogens is 505 g/mol. The molecular formula is C14H9ClI2O3. The minimum absolute atomic E-state index is 0.262. The van der Waals surface area contributed by atoms with Crippen LogP contribution in [-0.2, 0) is 6.61 Å². The van der Waals surface area contributed by atoms with Crippen LogP contribution in [0, 0.1) is 7.14 Å². The van der Waals surface area contributed by atoms with Crippen LogP contribution in [0.5, 0.6) is 5.75 Å². The second kappa shape index (κ2) is 6.95. The van der Waals surface area contributed by atoms with E-state index in [1.54, 1.807) is 12.1 Å². The molecule has 0 heterocycles. The Morgan fingerprint density at radius 3 is 2.20 bits per heavy atom. The molecule has 0 aliphatic carbocycles. The molecule has 3 nitrogen and oxygen atoms in total. The summed E-state index contributed by atoms with van der Waals surface area (Å²) in [5, 5.41) is 9.68. The number of carbonyl (C=O) groups is 1. The fourth-order valence-corrected chi connectivity index (χ4v) is 3.76. The van der Waals surface area contributed by atoms with Crippen molar-refractivity contribution in [2.75, 3.05) is 0 Å². The van der Waals surface area contributed by atoms with Gasteiger partial charge in [0.25, 0.3) is 0 Å². The summed E-state index contributed by atoms with van der Waals surface area (Å²) in [6.45, 7) is 0.412. The van der Waals surface area contributed by atoms with E-state index in [2.05, 4.69) is 45.2 Å². The molecule has 0 unspecified atom stereocenters. The summed E-state index contributed by atoms with van der Waals surface area (Å²) in [4.78, 5) is 11.0. The Labute approximate surface area is 148 Å². The van der Waals surface area contributed by atoms with Gasteiger partial charge in [-0.15, -0.1) is 0 Å². The highest BCUT2D eigenvalue weighted by Gasteiger charge is 2.12. The molecule has 0 aliphatic rings. The van der Waals surface area contributed by atoms with Crippen molar-refractivity contribution in [1.82, 2.24) is 0 Å². The standard InChI is InChI=1S/C14H9ClI2O3/c15-10-3-1-8(2-4-10)7-20-13-11(16)5-9(14(18)19)6-12(13)17/h1-6H,7H2,(H,18,19). The maximum atomic E-state index is 11.0. The largest absolute Gasteiger partial charge is 0.487 e. The van der Waals surface area contributed by atoms with Crippen molar-refractivity contribution < 1.29 is 14.6 Å². The second-order valence-corrected chi connectivity index (χ2v) is 6.75. The SMILES string of the molecule is O=C(O)c1cc(I)c(OCc2ccc(Cl)cc2)c(I)c1. The topological polar surface area (TPSA) is 46.5 Å². The number of benzene rings is 2. The predicted octanol–water partition coefficient (Wildman–Crippen LogP) is 4.83. The van der Waals surface area contributed by atoms with Crippen LogP contribution in [0.25, 0.3) is 0 Å². The molecule has 0 amide bonds. The van der Waals surface area contributed by atoms with Gasteiger partial charge in [-0.2, -0.15) is 0 Å². The molecule has 20 heavy (non-hydrogen) atoms. The Morgan fingerprint density at radius 1 is 1.15 bits per heavy atom. The molecule has 0 radical (unpaired) electrons. The predicted molar refractivity (Wildman–Crippen MR) is 94.6 cm³/mol. The molecule has 0 bridgehead atoms. The molecule has 1 N–H and O–H groups in total. The van der Waals surface area contributed by atoms with Crippen molar-refractivity contribution in [3.63, 3.8) is 0 Å². The number of halogens is 3. The van der Waals surface area contributed by atoms with Gasteiger partial charge in [0.15, 0.2) is 0 Å². The number of rotatable bonds is 4. The number of hydrogen-bond donors (Lipinski definition) is 1. The van der Waals surface area contributed by atoms with E-state index < -0.39 is 5.97 Å². The van der Waals surface area contributed by atoms with Crippen LogP contribution in [0.4, 0.5) is 0 Å². The Morgan fingerprint density at radius 2 is 1.70 bits per heavy atom. The number of aromatic carboxylic acids is 1. The summed E-state index contributed by atoms with van der Waals surface area (Å²) in [5.41, 5.74) is 1.26. The first-order valence-corrected chi connectivity index (χ1v) is 8.10. The maximum absolute atomic E-state index is 11.0. The summed E-state index contributed by atoms with van der Waals surface area (Å²) >= 11 is 9.99. The van der Waals surface area contributed by atoms with Gasteiger partial charge in [0.2, 0.25) is 0 Å². The van der Waals surface area contributed by atoms with Crippen molar-refractivity contribution in [2.45, 2.75) is 6.61 Å². The number of carboxylic acids is 1. The molecule has 104 valence electrons. The highest BCUT2D eigenvalue weighted by Crippen LogP contribution is 2.29. The molecule has 2 aromatic carbocycles. The summed E-state index contributed by atoms with van der Waals surface area (Å²) in [6, 6.07) is 10.6. The molecule has 0 aromatic heterocycles. The van der Waals surface area contributed by atoms with Gasteiger partial charge in [0, 0.05) is 5.02 Å². The Hall–Kier alpha value is -0.540. The minimum Gasteiger partial charge on any atom is -0.487 e. The molecule has 0 fully saturated rings. The van der Waals surface area contributed by atoms with E-state index >= 15 is 0 Å². The zero-order valence-electron chi connectivity index (χ0n) is 10.1. The lowest BCUT2D eigenvalue weighted by Gasteiger charge is -2.11. The van der Waals surface area contributed by atoms with Crippen LogP contribution >= 0.6 is 56.8 Å². The smallest absolute Gasteiger partial charge is 0.335 e. The van der Waals surface area contributed by atoms with E-state index in [1.165, 1.54) is 0 Å². The van der Waals surface area contributed by atoms with Crippen molar-refractivity contribution in [2.24, 2.45) is 0 Å². The van der Waals surface area contributed by atoms with E-state index in [4.69, 9.17) is 21.4 Å². The minimum atomic E-state index is -0.940. The van der Waals surface area contributed by atoms with Crippen molar-refractivity contribution in [1.29, 1.82) is 0 Å². The van der Waals surface area contributed by atoms with Gasteiger partial charge >= 0.3 is 5.97 Å². The fourth-order valence-electron chi connectivity index (χ4n) is 1.56. The van der Waals surface area contributed by atoms with Crippen molar-refractivity contribution in [3.05, 3.63) is 59.7 Å². The van der Waals surface area contributed by atoms with Crippen molar-refractivity contribution >= 4 is 62.8 Å². The van der Waals surface area contributed by atoms with E-state index in [1.807, 2.05) is 24.3 Å². The van der Waals surface area contributed by atoms with Crippen LogP contribution in [0.3, 0.4) is 0 Å². The van der Waals surface area contributed by atoms with Crippen LogP contribution in [0.1, 0.15) is 15.9 Å². The summed E-state index contributed by atoms with van der Waals surface area (Å²) in [5.74, 6) is -0.240. The van der Waals surface area contributed by atoms with Gasteiger partial charge < -0.3 is 9.84 Å². The molecule has 0 atom stereocenters. The van der Waals surface area contributed by atoms with E-state index in [9.17, 15) is 4.79 Å². The molecule has 2 aromatic rings. The van der Waals surface area contributed by atoms with Gasteiger partial charge in [-0.3, -0.25) is 0 Å². The van der Waals surface area contributed by atoms with E-state index in [-0.39, 0.29) is 5.56 Å². The third kappa shape index (κ3) is 3.98. The summed E-state index contributed by atoms with van der Waals surface area (Å²) < 4.78 is 7.33. The van der Waals surface area contributed by atoms with Gasteiger partial charge in [-0.1, -0.05) is 23.7 Å². The van der Waals surface area contributed by atoms with Crippen molar-refractivity contribution in [3.8, 4) is 5.75 Å². The zero-order valence-corrected chi connectivity index (χ0v) is 15.1. The molecule has 0 spiro atoms. The lowest BCUT2D eigenvalue weighted by Crippen LogP contribution is -2.03. The monoisotopic (exact) mass is 514 g/mol. The summed E-state index contributed by atoms with van der Waals surface area (Å²) in [7, 11) is 0. The highest BCUT2D eigenvalue weighted by molar-refractivity contribution is 14.1. The van der Waals surface area contributed by atoms with Gasteiger partial charge in [-0.05, 0) is 75.0 Å². The number of hydrogen-bond acceptors (Lipinski definition) is 2. The third-order valence-electron chi connectivity index (χ3n) is 2.54. The summed E-state index contributed by atoms with van der Waals surface area (Å²) in [6.07, 6.45) is 0. The molecule has 0 saturated heterocycles. The molecule has 0 saturated carbocycles. The lowest BCUT2D eigenvalue weighted by molar-refractivity contribution is 0.0696. The maximum Gasteiger partial charge on any atom is 0.335 e. The fraction of sp³-hybridized carbons (Fsp3) is 0.0714. The van der Waals surface area contributed by atoms with Crippen LogP contribution in [-0.4, -0.2) is 11.1 Å². The Kier molecular flexibility index (Phi) is 5.50. The Bertz CT molecular complexity index is 618. The quantitative estimate of drug-likeness (QED) is 0.595. The number of ether oxygens (including phenoxy) is 1. The van der Waals surface area contributed by atoms with Gasteiger partial charge in [0.05, 0.1) is 12.7 Å². The molecule has 0 aliphatic heterocycles. The van der Waals surface area contributed by atoms with Crippen LogP contribution in [0.2, 0.25) is 5.02 Å². The van der Waals surface area contributed by atoms with E-state index in [0.29, 0.717) is 17.4 Å². The molecule has 6 heteroatoms.